The van der Waals surface area contributed by atoms with Gasteiger partial charge in [-0.3, -0.25) is 14.7 Å². The van der Waals surface area contributed by atoms with E-state index in [1.807, 2.05) is 26.0 Å². The fraction of sp³-hybridized carbons (Fsp3) is 0.421. The lowest BCUT2D eigenvalue weighted by Crippen LogP contribution is -2.45. The largest absolute Gasteiger partial charge is 0.344 e. The number of carbonyl (C=O) groups is 2. The molecule has 1 aromatic heterocycles. The SMILES string of the molecule is CC(C)C[C@H](NC(=O)[C@H]1C[C@H]1c1cccc(Cl)c1Cl)C(=O)Nc1ccn[nH]1. The van der Waals surface area contributed by atoms with E-state index >= 15 is 0 Å². The zero-order valence-corrected chi connectivity index (χ0v) is 16.6. The van der Waals surface area contributed by atoms with Crippen LogP contribution in [0.5, 0.6) is 0 Å². The second kappa shape index (κ2) is 8.31. The molecule has 0 saturated heterocycles. The van der Waals surface area contributed by atoms with Gasteiger partial charge >= 0.3 is 0 Å². The summed E-state index contributed by atoms with van der Waals surface area (Å²) in [7, 11) is 0. The lowest BCUT2D eigenvalue weighted by molar-refractivity contribution is -0.127. The number of benzene rings is 1. The van der Waals surface area contributed by atoms with Crippen molar-refractivity contribution >= 4 is 40.8 Å². The number of carbonyl (C=O) groups excluding carboxylic acids is 2. The first kappa shape index (κ1) is 19.7. The Morgan fingerprint density at radius 1 is 1.30 bits per heavy atom. The minimum Gasteiger partial charge on any atom is -0.344 e. The molecule has 0 bridgehead atoms. The Kier molecular flexibility index (Phi) is 6.07. The van der Waals surface area contributed by atoms with Crippen LogP contribution in [0.3, 0.4) is 0 Å². The molecule has 1 aromatic carbocycles. The van der Waals surface area contributed by atoms with E-state index in [1.54, 1.807) is 18.3 Å². The van der Waals surface area contributed by atoms with Crippen LogP contribution in [0.4, 0.5) is 5.82 Å². The second-order valence-electron chi connectivity index (χ2n) is 7.24. The molecule has 0 spiro atoms. The molecule has 144 valence electrons. The molecule has 1 saturated carbocycles. The number of nitrogens with one attached hydrogen (secondary N) is 3. The smallest absolute Gasteiger partial charge is 0.248 e. The minimum atomic E-state index is -0.614. The van der Waals surface area contributed by atoms with Crippen LogP contribution in [-0.4, -0.2) is 28.1 Å². The van der Waals surface area contributed by atoms with Gasteiger partial charge in [0, 0.05) is 12.0 Å². The number of nitrogens with zero attached hydrogens (tertiary/aromatic N) is 1. The van der Waals surface area contributed by atoms with Crippen LogP contribution in [-0.2, 0) is 9.59 Å². The highest BCUT2D eigenvalue weighted by Crippen LogP contribution is 2.50. The highest BCUT2D eigenvalue weighted by atomic mass is 35.5. The maximum Gasteiger partial charge on any atom is 0.248 e. The predicted molar refractivity (Wildman–Crippen MR) is 106 cm³/mol. The number of halogens is 2. The number of amides is 2. The van der Waals surface area contributed by atoms with Crippen molar-refractivity contribution in [2.24, 2.45) is 11.8 Å². The Labute approximate surface area is 168 Å². The van der Waals surface area contributed by atoms with E-state index in [0.29, 0.717) is 28.7 Å². The fourth-order valence-electron chi connectivity index (χ4n) is 3.16. The normalized spacial score (nSPS) is 19.6. The van der Waals surface area contributed by atoms with Gasteiger partial charge in [0.05, 0.1) is 16.2 Å². The summed E-state index contributed by atoms with van der Waals surface area (Å²) in [6, 6.07) is 6.49. The van der Waals surface area contributed by atoms with E-state index in [4.69, 9.17) is 23.2 Å². The molecule has 0 radical (unpaired) electrons. The van der Waals surface area contributed by atoms with Crippen LogP contribution in [0.15, 0.2) is 30.5 Å². The molecule has 6 nitrogen and oxygen atoms in total. The van der Waals surface area contributed by atoms with Crippen LogP contribution < -0.4 is 10.6 Å². The van der Waals surface area contributed by atoms with E-state index < -0.39 is 6.04 Å². The van der Waals surface area contributed by atoms with Gasteiger partial charge in [0.15, 0.2) is 0 Å². The standard InChI is InChI=1S/C19H22Cl2N4O2/c1-10(2)8-15(19(27)24-16-6-7-22-25-16)23-18(26)13-9-12(13)11-4-3-5-14(20)17(11)21/h3-7,10,12-13,15H,8-9H2,1-2H3,(H,23,26)(H2,22,24,25,27)/t12-,13-,15-/m0/s1. The van der Waals surface area contributed by atoms with Crippen LogP contribution in [0.25, 0.3) is 0 Å². The van der Waals surface area contributed by atoms with Gasteiger partial charge in [0.25, 0.3) is 0 Å². The number of H-pyrrole nitrogens is 1. The molecule has 3 atom stereocenters. The van der Waals surface area contributed by atoms with Crippen molar-refractivity contribution in [2.75, 3.05) is 5.32 Å². The van der Waals surface area contributed by atoms with Gasteiger partial charge in [0.1, 0.15) is 11.9 Å². The van der Waals surface area contributed by atoms with Crippen LogP contribution >= 0.6 is 23.2 Å². The summed E-state index contributed by atoms with van der Waals surface area (Å²) < 4.78 is 0. The molecule has 3 N–H and O–H groups in total. The lowest BCUT2D eigenvalue weighted by Gasteiger charge is -2.20. The lowest BCUT2D eigenvalue weighted by atomic mass is 10.0. The molecule has 1 heterocycles. The highest BCUT2D eigenvalue weighted by Gasteiger charge is 2.45. The first-order chi connectivity index (χ1) is 12.9. The summed E-state index contributed by atoms with van der Waals surface area (Å²) in [4.78, 5) is 25.3. The first-order valence-corrected chi connectivity index (χ1v) is 9.67. The minimum absolute atomic E-state index is 0.0339. The Morgan fingerprint density at radius 2 is 2.07 bits per heavy atom. The van der Waals surface area contributed by atoms with Gasteiger partial charge in [-0.1, -0.05) is 49.2 Å². The number of aromatic nitrogens is 2. The molecule has 1 aliphatic rings. The van der Waals surface area contributed by atoms with E-state index in [1.165, 1.54) is 0 Å². The molecule has 0 unspecified atom stereocenters. The Bertz CT molecular complexity index is 823. The van der Waals surface area contributed by atoms with E-state index in [2.05, 4.69) is 20.8 Å². The van der Waals surface area contributed by atoms with Crippen LogP contribution in [0, 0.1) is 11.8 Å². The maximum atomic E-state index is 12.7. The summed E-state index contributed by atoms with van der Waals surface area (Å²) in [5.74, 6) is 0.182. The van der Waals surface area contributed by atoms with Gasteiger partial charge in [-0.2, -0.15) is 5.10 Å². The summed E-state index contributed by atoms with van der Waals surface area (Å²) in [6.07, 6.45) is 2.79. The Morgan fingerprint density at radius 3 is 2.74 bits per heavy atom. The summed E-state index contributed by atoms with van der Waals surface area (Å²) >= 11 is 12.3. The van der Waals surface area contributed by atoms with Crippen molar-refractivity contribution in [3.63, 3.8) is 0 Å². The highest BCUT2D eigenvalue weighted by molar-refractivity contribution is 6.42. The summed E-state index contributed by atoms with van der Waals surface area (Å²) in [5.41, 5.74) is 0.881. The molecule has 2 aromatic rings. The van der Waals surface area contributed by atoms with Crippen LogP contribution in [0.1, 0.15) is 38.2 Å². The average Bonchev–Trinajstić information content (AvgIpc) is 3.24. The summed E-state index contributed by atoms with van der Waals surface area (Å²) in [5, 5.41) is 13.1. The monoisotopic (exact) mass is 408 g/mol. The van der Waals surface area contributed by atoms with E-state index in [0.717, 1.165) is 5.56 Å². The number of hydrogen-bond acceptors (Lipinski definition) is 3. The number of aromatic amines is 1. The van der Waals surface area contributed by atoms with Crippen molar-refractivity contribution in [3.8, 4) is 0 Å². The van der Waals surface area contributed by atoms with Crippen molar-refractivity contribution in [3.05, 3.63) is 46.1 Å². The molecular weight excluding hydrogens is 387 g/mol. The first-order valence-electron chi connectivity index (χ1n) is 8.91. The molecular formula is C19H22Cl2N4O2. The van der Waals surface area contributed by atoms with Crippen molar-refractivity contribution in [2.45, 2.75) is 38.6 Å². The average molecular weight is 409 g/mol. The van der Waals surface area contributed by atoms with Gasteiger partial charge in [-0.05, 0) is 36.3 Å². The maximum absolute atomic E-state index is 12.7. The van der Waals surface area contributed by atoms with Crippen LogP contribution in [0.2, 0.25) is 10.0 Å². The third kappa shape index (κ3) is 4.82. The Hall–Kier alpha value is -2.05. The molecule has 3 rings (SSSR count). The quantitative estimate of drug-likeness (QED) is 0.646. The van der Waals surface area contributed by atoms with E-state index in [9.17, 15) is 9.59 Å². The zero-order chi connectivity index (χ0) is 19.6. The van der Waals surface area contributed by atoms with Gasteiger partial charge in [-0.25, -0.2) is 0 Å². The topological polar surface area (TPSA) is 86.9 Å². The molecule has 2 amide bonds. The third-order valence-electron chi connectivity index (χ3n) is 4.61. The Balaban J connectivity index is 1.64. The molecule has 1 aliphatic carbocycles. The number of anilines is 1. The second-order valence-corrected chi connectivity index (χ2v) is 8.03. The van der Waals surface area contributed by atoms with Crippen molar-refractivity contribution < 1.29 is 9.59 Å². The predicted octanol–water partition coefficient (Wildman–Crippen LogP) is 3.99. The van der Waals surface area contributed by atoms with Crippen molar-refractivity contribution in [1.82, 2.24) is 15.5 Å². The molecule has 8 heteroatoms. The van der Waals surface area contributed by atoms with Gasteiger partial charge < -0.3 is 10.6 Å². The van der Waals surface area contributed by atoms with Crippen molar-refractivity contribution in [1.29, 1.82) is 0 Å². The molecule has 0 aliphatic heterocycles. The van der Waals surface area contributed by atoms with E-state index in [-0.39, 0.29) is 29.6 Å². The van der Waals surface area contributed by atoms with Gasteiger partial charge in [-0.15, -0.1) is 0 Å². The fourth-order valence-corrected chi connectivity index (χ4v) is 3.61. The third-order valence-corrected chi connectivity index (χ3v) is 5.44. The summed E-state index contributed by atoms with van der Waals surface area (Å²) in [6.45, 7) is 4.02. The molecule has 27 heavy (non-hydrogen) atoms. The zero-order valence-electron chi connectivity index (χ0n) is 15.1. The molecule has 1 fully saturated rings. The van der Waals surface area contributed by atoms with Gasteiger partial charge in [0.2, 0.25) is 11.8 Å². The number of rotatable bonds is 7. The number of hydrogen-bond donors (Lipinski definition) is 3.